The lowest BCUT2D eigenvalue weighted by Crippen LogP contribution is -2.40. The number of carbonyl (C=O) groups is 1. The molecule has 0 radical (unpaired) electrons. The van der Waals surface area contributed by atoms with E-state index in [-0.39, 0.29) is 24.1 Å². The molecule has 0 bridgehead atoms. The van der Waals surface area contributed by atoms with E-state index in [1.54, 1.807) is 30.7 Å². The van der Waals surface area contributed by atoms with E-state index < -0.39 is 0 Å². The predicted molar refractivity (Wildman–Crippen MR) is 101 cm³/mol. The Balaban J connectivity index is 1.44. The van der Waals surface area contributed by atoms with E-state index in [0.29, 0.717) is 25.2 Å². The smallest absolute Gasteiger partial charge is 0.227 e. The molecular weight excluding hydrogens is 359 g/mol. The minimum Gasteiger partial charge on any atom is -0.342 e. The molecule has 7 nitrogen and oxygen atoms in total. The maximum atomic E-state index is 13.9. The Morgan fingerprint density at radius 2 is 2.14 bits per heavy atom. The summed E-state index contributed by atoms with van der Waals surface area (Å²) < 4.78 is 17.8. The predicted octanol–water partition coefficient (Wildman–Crippen LogP) is 2.15. The van der Waals surface area contributed by atoms with Crippen LogP contribution < -0.4 is 0 Å². The van der Waals surface area contributed by atoms with Crippen molar-refractivity contribution in [2.45, 2.75) is 31.7 Å². The number of amides is 1. The maximum absolute atomic E-state index is 13.9. The quantitative estimate of drug-likeness (QED) is 0.678. The summed E-state index contributed by atoms with van der Waals surface area (Å²) in [6, 6.07) is 6.45. The molecule has 1 saturated heterocycles. The fourth-order valence-corrected chi connectivity index (χ4v) is 3.74. The Morgan fingerprint density at radius 3 is 2.93 bits per heavy atom. The molecule has 1 aromatic carbocycles. The molecule has 1 aliphatic heterocycles. The first-order chi connectivity index (χ1) is 13.6. The van der Waals surface area contributed by atoms with Crippen molar-refractivity contribution in [2.75, 3.05) is 13.1 Å². The zero-order valence-corrected chi connectivity index (χ0v) is 15.8. The van der Waals surface area contributed by atoms with Crippen LogP contribution in [0.3, 0.4) is 0 Å². The molecule has 8 heteroatoms. The van der Waals surface area contributed by atoms with Gasteiger partial charge in [-0.15, -0.1) is 10.2 Å². The van der Waals surface area contributed by atoms with Crippen LogP contribution in [0, 0.1) is 5.82 Å². The third kappa shape index (κ3) is 3.81. The van der Waals surface area contributed by atoms with Gasteiger partial charge >= 0.3 is 0 Å². The zero-order valence-electron chi connectivity index (χ0n) is 15.8. The Morgan fingerprint density at radius 1 is 1.29 bits per heavy atom. The van der Waals surface area contributed by atoms with Gasteiger partial charge < -0.3 is 14.0 Å². The molecule has 0 N–H and O–H groups in total. The highest BCUT2D eigenvalue weighted by molar-refractivity contribution is 5.79. The Kier molecular flexibility index (Phi) is 5.18. The van der Waals surface area contributed by atoms with E-state index in [2.05, 4.69) is 15.2 Å². The largest absolute Gasteiger partial charge is 0.342 e. The number of benzene rings is 1. The van der Waals surface area contributed by atoms with Crippen LogP contribution in [0.25, 0.3) is 0 Å². The van der Waals surface area contributed by atoms with Gasteiger partial charge in [0.05, 0.1) is 19.3 Å². The monoisotopic (exact) mass is 382 g/mol. The van der Waals surface area contributed by atoms with Crippen molar-refractivity contribution in [1.29, 1.82) is 0 Å². The van der Waals surface area contributed by atoms with Crippen molar-refractivity contribution >= 4 is 5.91 Å². The first kappa shape index (κ1) is 18.3. The minimum absolute atomic E-state index is 0.0457. The van der Waals surface area contributed by atoms with Gasteiger partial charge in [-0.2, -0.15) is 0 Å². The number of rotatable bonds is 5. The molecule has 0 saturated carbocycles. The number of carbonyl (C=O) groups excluding carboxylic acids is 1. The molecule has 3 heterocycles. The number of aromatic nitrogens is 5. The molecule has 146 valence electrons. The van der Waals surface area contributed by atoms with Crippen LogP contribution in [0.2, 0.25) is 0 Å². The summed E-state index contributed by atoms with van der Waals surface area (Å²) in [6.07, 6.45) is 7.32. The number of imidazole rings is 1. The summed E-state index contributed by atoms with van der Waals surface area (Å²) in [6.45, 7) is 1.89. The average Bonchev–Trinajstić information content (AvgIpc) is 3.34. The third-order valence-corrected chi connectivity index (χ3v) is 5.32. The normalized spacial score (nSPS) is 17.1. The number of likely N-dealkylation sites (tertiary alicyclic amines) is 1. The third-order valence-electron chi connectivity index (χ3n) is 5.32. The second kappa shape index (κ2) is 7.92. The van der Waals surface area contributed by atoms with Crippen molar-refractivity contribution in [2.24, 2.45) is 7.05 Å². The van der Waals surface area contributed by atoms with Crippen LogP contribution in [0.4, 0.5) is 4.39 Å². The number of nitrogens with zero attached hydrogens (tertiary/aromatic N) is 6. The summed E-state index contributed by atoms with van der Waals surface area (Å²) in [7, 11) is 1.96. The molecular formula is C20H23FN6O. The summed E-state index contributed by atoms with van der Waals surface area (Å²) in [4.78, 5) is 18.6. The Labute approximate surface area is 162 Å². The first-order valence-corrected chi connectivity index (χ1v) is 9.47. The molecule has 1 amide bonds. The van der Waals surface area contributed by atoms with Gasteiger partial charge in [-0.3, -0.25) is 4.79 Å². The average molecular weight is 382 g/mol. The fourth-order valence-electron chi connectivity index (χ4n) is 3.74. The van der Waals surface area contributed by atoms with Crippen molar-refractivity contribution in [3.8, 4) is 0 Å². The van der Waals surface area contributed by atoms with E-state index in [9.17, 15) is 9.18 Å². The molecule has 1 fully saturated rings. The maximum Gasteiger partial charge on any atom is 0.227 e. The Bertz CT molecular complexity index is 952. The molecule has 4 rings (SSSR count). The molecule has 3 aromatic rings. The van der Waals surface area contributed by atoms with Crippen molar-refractivity contribution in [3.63, 3.8) is 0 Å². The second-order valence-electron chi connectivity index (χ2n) is 7.22. The van der Waals surface area contributed by atoms with Gasteiger partial charge in [-0.05, 0) is 24.5 Å². The van der Waals surface area contributed by atoms with E-state index in [0.717, 1.165) is 24.5 Å². The number of piperidine rings is 1. The van der Waals surface area contributed by atoms with Crippen molar-refractivity contribution < 1.29 is 9.18 Å². The highest BCUT2D eigenvalue weighted by Gasteiger charge is 2.28. The Hall–Kier alpha value is -3.03. The van der Waals surface area contributed by atoms with Gasteiger partial charge in [-0.1, -0.05) is 18.2 Å². The number of hydrogen-bond acceptors (Lipinski definition) is 4. The molecule has 1 unspecified atom stereocenters. The van der Waals surface area contributed by atoms with Gasteiger partial charge in [0.15, 0.2) is 5.82 Å². The SMILES string of the molecule is Cn1c(Cn2ccnc2)nnc1C1CCCN(C(=O)Cc2ccccc2F)C1. The van der Waals surface area contributed by atoms with Crippen LogP contribution in [0.5, 0.6) is 0 Å². The van der Waals surface area contributed by atoms with Gasteiger partial charge in [-0.25, -0.2) is 9.37 Å². The topological polar surface area (TPSA) is 68.8 Å². The van der Waals surface area contributed by atoms with E-state index in [1.807, 2.05) is 27.3 Å². The number of hydrogen-bond donors (Lipinski definition) is 0. The van der Waals surface area contributed by atoms with Gasteiger partial charge in [0.2, 0.25) is 5.91 Å². The molecule has 0 aliphatic carbocycles. The molecule has 0 spiro atoms. The van der Waals surface area contributed by atoms with Gasteiger partial charge in [0.25, 0.3) is 0 Å². The second-order valence-corrected chi connectivity index (χ2v) is 7.22. The molecule has 28 heavy (non-hydrogen) atoms. The van der Waals surface area contributed by atoms with E-state index in [1.165, 1.54) is 6.07 Å². The summed E-state index contributed by atoms with van der Waals surface area (Å²) >= 11 is 0. The van der Waals surface area contributed by atoms with Crippen molar-refractivity contribution in [1.82, 2.24) is 29.2 Å². The minimum atomic E-state index is -0.332. The standard InChI is InChI=1S/C20H23FN6O/c1-25-18(13-26-10-8-22-14-26)23-24-20(25)16-6-4-9-27(12-16)19(28)11-15-5-2-3-7-17(15)21/h2-3,5,7-8,10,14,16H,4,6,9,11-13H2,1H3. The number of halogens is 1. The first-order valence-electron chi connectivity index (χ1n) is 9.47. The summed E-state index contributed by atoms with van der Waals surface area (Å²) in [5.41, 5.74) is 0.441. The van der Waals surface area contributed by atoms with Crippen LogP contribution in [0.15, 0.2) is 43.0 Å². The highest BCUT2D eigenvalue weighted by Crippen LogP contribution is 2.26. The van der Waals surface area contributed by atoms with Crippen molar-refractivity contribution in [3.05, 3.63) is 66.0 Å². The van der Waals surface area contributed by atoms with Crippen LogP contribution >= 0.6 is 0 Å². The lowest BCUT2D eigenvalue weighted by atomic mass is 9.96. The van der Waals surface area contributed by atoms with E-state index >= 15 is 0 Å². The van der Waals surface area contributed by atoms with E-state index in [4.69, 9.17) is 0 Å². The molecule has 1 aliphatic rings. The fraction of sp³-hybridized carbons (Fsp3) is 0.400. The van der Waals surface area contributed by atoms with Gasteiger partial charge in [0.1, 0.15) is 11.6 Å². The van der Waals surface area contributed by atoms with Crippen LogP contribution in [-0.2, 0) is 24.8 Å². The summed E-state index contributed by atoms with van der Waals surface area (Å²) in [5, 5.41) is 8.72. The molecule has 2 aromatic heterocycles. The van der Waals surface area contributed by atoms with Crippen LogP contribution in [0.1, 0.15) is 36.0 Å². The lowest BCUT2D eigenvalue weighted by molar-refractivity contribution is -0.131. The summed E-state index contributed by atoms with van der Waals surface area (Å²) in [5.74, 6) is 1.49. The zero-order chi connectivity index (χ0) is 19.5. The highest BCUT2D eigenvalue weighted by atomic mass is 19.1. The van der Waals surface area contributed by atoms with Crippen LogP contribution in [-0.4, -0.2) is 48.2 Å². The molecule has 1 atom stereocenters. The lowest BCUT2D eigenvalue weighted by Gasteiger charge is -2.32. The van der Waals surface area contributed by atoms with Gasteiger partial charge in [0, 0.05) is 38.4 Å².